The number of hydrogen-bond donors (Lipinski definition) is 2. The molecule has 0 aliphatic carbocycles. The molecule has 0 saturated heterocycles. The second-order valence-corrected chi connectivity index (χ2v) is 12.5. The molecular formula is C31H30BrCl2N5O4S. The lowest BCUT2D eigenvalue weighted by molar-refractivity contribution is -0.113. The van der Waals surface area contributed by atoms with Gasteiger partial charge in [0.2, 0.25) is 11.1 Å². The third kappa shape index (κ3) is 6.81. The highest BCUT2D eigenvalue weighted by Crippen LogP contribution is 2.44. The topological polar surface area (TPSA) is 99.5 Å². The minimum absolute atomic E-state index is 0.189. The summed E-state index contributed by atoms with van der Waals surface area (Å²) in [5.74, 6) is 2.53. The van der Waals surface area contributed by atoms with E-state index in [0.717, 1.165) is 16.9 Å². The molecule has 2 heterocycles. The Hall–Kier alpha value is -3.38. The Morgan fingerprint density at radius 3 is 2.64 bits per heavy atom. The van der Waals surface area contributed by atoms with E-state index in [1.165, 1.54) is 11.8 Å². The quantitative estimate of drug-likeness (QED) is 0.149. The summed E-state index contributed by atoms with van der Waals surface area (Å²) in [5.41, 5.74) is 3.16. The van der Waals surface area contributed by atoms with Crippen molar-refractivity contribution in [3.63, 3.8) is 0 Å². The number of nitrogens with one attached hydrogen (secondary N) is 2. The molecule has 5 rings (SSSR count). The van der Waals surface area contributed by atoms with Crippen molar-refractivity contribution in [2.45, 2.75) is 38.6 Å². The summed E-state index contributed by atoms with van der Waals surface area (Å²) in [6, 6.07) is 15.7. The van der Waals surface area contributed by atoms with Gasteiger partial charge in [0, 0.05) is 21.3 Å². The molecule has 0 bridgehead atoms. The number of nitrogens with zero attached hydrogens (tertiary/aromatic N) is 3. The highest BCUT2D eigenvalue weighted by Gasteiger charge is 2.35. The van der Waals surface area contributed by atoms with Gasteiger partial charge in [0.05, 0.1) is 29.4 Å². The maximum Gasteiger partial charge on any atom is 0.255 e. The molecule has 44 heavy (non-hydrogen) atoms. The largest absolute Gasteiger partial charge is 0.493 e. The summed E-state index contributed by atoms with van der Waals surface area (Å²) < 4.78 is 20.0. The fourth-order valence-electron chi connectivity index (χ4n) is 4.79. The van der Waals surface area contributed by atoms with Crippen LogP contribution >= 0.6 is 50.9 Å². The lowest BCUT2D eigenvalue weighted by atomic mass is 9.94. The van der Waals surface area contributed by atoms with E-state index in [2.05, 4.69) is 31.5 Å². The predicted molar refractivity (Wildman–Crippen MR) is 179 cm³/mol. The van der Waals surface area contributed by atoms with Crippen LogP contribution in [0.3, 0.4) is 0 Å². The Morgan fingerprint density at radius 1 is 1.11 bits per heavy atom. The highest BCUT2D eigenvalue weighted by molar-refractivity contribution is 9.10. The number of carbonyl (C=O) groups is 1. The maximum atomic E-state index is 14.1. The van der Waals surface area contributed by atoms with Crippen molar-refractivity contribution in [3.05, 3.63) is 91.5 Å². The second-order valence-electron chi connectivity index (χ2n) is 9.60. The number of aromatic nitrogens is 3. The molecule has 9 nitrogen and oxygen atoms in total. The van der Waals surface area contributed by atoms with E-state index in [-0.39, 0.29) is 12.5 Å². The monoisotopic (exact) mass is 717 g/mol. The van der Waals surface area contributed by atoms with Crippen LogP contribution in [-0.4, -0.2) is 40.1 Å². The number of fused-ring (bicyclic) bond motifs is 1. The third-order valence-corrected chi connectivity index (χ3v) is 8.64. The summed E-state index contributed by atoms with van der Waals surface area (Å²) in [7, 11) is 1.56. The van der Waals surface area contributed by atoms with Gasteiger partial charge in [0.25, 0.3) is 5.91 Å². The number of anilines is 2. The SMILES string of the molecule is CCOc1ccccc1NC(=O)C1=C(C)Nc2nc(SCC)nn2C1c1cc(Br)c(OCc2ccc(Cl)cc2Cl)c(OC)c1. The van der Waals surface area contributed by atoms with Crippen molar-refractivity contribution in [3.8, 4) is 17.2 Å². The minimum Gasteiger partial charge on any atom is -0.493 e. The van der Waals surface area contributed by atoms with Gasteiger partial charge in [0.1, 0.15) is 18.4 Å². The van der Waals surface area contributed by atoms with Gasteiger partial charge < -0.3 is 24.8 Å². The molecule has 1 aliphatic heterocycles. The molecule has 13 heteroatoms. The number of allylic oxidation sites excluding steroid dienone is 1. The molecule has 1 unspecified atom stereocenters. The zero-order valence-electron chi connectivity index (χ0n) is 24.4. The van der Waals surface area contributed by atoms with Crippen LogP contribution in [0, 0.1) is 0 Å². The first kappa shape index (κ1) is 32.0. The minimum atomic E-state index is -0.644. The van der Waals surface area contributed by atoms with E-state index >= 15 is 0 Å². The summed E-state index contributed by atoms with van der Waals surface area (Å²) in [5, 5.41) is 12.7. The fraction of sp³-hybridized carbons (Fsp3) is 0.258. The average molecular weight is 719 g/mol. The van der Waals surface area contributed by atoms with Crippen LogP contribution in [0.25, 0.3) is 0 Å². The van der Waals surface area contributed by atoms with Gasteiger partial charge in [-0.1, -0.05) is 60.1 Å². The van der Waals surface area contributed by atoms with E-state index in [1.54, 1.807) is 30.0 Å². The van der Waals surface area contributed by atoms with Crippen LogP contribution in [0.2, 0.25) is 10.0 Å². The molecule has 230 valence electrons. The number of methoxy groups -OCH3 is 1. The normalized spacial score (nSPS) is 14.1. The molecule has 1 aliphatic rings. The van der Waals surface area contributed by atoms with Crippen LogP contribution in [0.5, 0.6) is 17.2 Å². The molecule has 0 radical (unpaired) electrons. The number of carbonyl (C=O) groups excluding carboxylic acids is 1. The highest BCUT2D eigenvalue weighted by atomic mass is 79.9. The molecule has 1 aromatic heterocycles. The number of thioether (sulfide) groups is 1. The first-order chi connectivity index (χ1) is 21.2. The second kappa shape index (κ2) is 14.2. The lowest BCUT2D eigenvalue weighted by Gasteiger charge is -2.29. The van der Waals surface area contributed by atoms with Gasteiger partial charge in [-0.25, -0.2) is 4.68 Å². The molecule has 3 aromatic carbocycles. The van der Waals surface area contributed by atoms with Crippen molar-refractivity contribution in [2.75, 3.05) is 30.1 Å². The van der Waals surface area contributed by atoms with Gasteiger partial charge in [-0.3, -0.25) is 4.79 Å². The van der Waals surface area contributed by atoms with Gasteiger partial charge in [-0.05, 0) is 77.5 Å². The van der Waals surface area contributed by atoms with Crippen LogP contribution in [0.1, 0.15) is 37.9 Å². The third-order valence-electron chi connectivity index (χ3n) is 6.74. The Kier molecular flexibility index (Phi) is 10.3. The predicted octanol–water partition coefficient (Wildman–Crippen LogP) is 8.37. The summed E-state index contributed by atoms with van der Waals surface area (Å²) >= 11 is 17.6. The molecule has 4 aromatic rings. The zero-order chi connectivity index (χ0) is 31.4. The molecule has 0 saturated carbocycles. The summed E-state index contributed by atoms with van der Waals surface area (Å²) in [6.07, 6.45) is 0. The van der Waals surface area contributed by atoms with E-state index in [0.29, 0.717) is 66.4 Å². The number of para-hydroxylation sites is 2. The maximum absolute atomic E-state index is 14.1. The molecule has 2 N–H and O–H groups in total. The van der Waals surface area contributed by atoms with Crippen molar-refractivity contribution in [2.24, 2.45) is 0 Å². The summed E-state index contributed by atoms with van der Waals surface area (Å²) in [6.45, 7) is 6.43. The molecule has 1 amide bonds. The number of amides is 1. The van der Waals surface area contributed by atoms with Gasteiger partial charge in [-0.2, -0.15) is 4.98 Å². The lowest BCUT2D eigenvalue weighted by Crippen LogP contribution is -2.31. The first-order valence-electron chi connectivity index (χ1n) is 13.8. The zero-order valence-corrected chi connectivity index (χ0v) is 28.3. The van der Waals surface area contributed by atoms with E-state index in [4.69, 9.17) is 42.5 Å². The number of hydrogen-bond acceptors (Lipinski definition) is 8. The first-order valence-corrected chi connectivity index (χ1v) is 16.3. The van der Waals surface area contributed by atoms with E-state index < -0.39 is 6.04 Å². The Balaban J connectivity index is 1.55. The Bertz CT molecular complexity index is 1730. The van der Waals surface area contributed by atoms with Gasteiger partial charge >= 0.3 is 0 Å². The number of halogens is 3. The Labute approximate surface area is 278 Å². The Morgan fingerprint density at radius 2 is 1.91 bits per heavy atom. The molecule has 0 fully saturated rings. The number of ether oxygens (including phenoxy) is 3. The van der Waals surface area contributed by atoms with Crippen molar-refractivity contribution < 1.29 is 19.0 Å². The molecular weight excluding hydrogens is 689 g/mol. The molecule has 0 spiro atoms. The van der Waals surface area contributed by atoms with Crippen molar-refractivity contribution >= 4 is 68.4 Å². The van der Waals surface area contributed by atoms with Crippen molar-refractivity contribution in [1.29, 1.82) is 0 Å². The van der Waals surface area contributed by atoms with Crippen LogP contribution in [-0.2, 0) is 11.4 Å². The number of rotatable bonds is 11. The van der Waals surface area contributed by atoms with E-state index in [1.807, 2.05) is 57.2 Å². The van der Waals surface area contributed by atoms with E-state index in [9.17, 15) is 4.79 Å². The van der Waals surface area contributed by atoms with Crippen LogP contribution in [0.15, 0.2) is 75.5 Å². The molecule has 1 atom stereocenters. The fourth-order valence-corrected chi connectivity index (χ4v) is 6.38. The van der Waals surface area contributed by atoms with Gasteiger partial charge in [0.15, 0.2) is 11.5 Å². The average Bonchev–Trinajstić information content (AvgIpc) is 3.39. The standard InChI is InChI=1S/C31H30BrCl2N5O4S/c1-5-42-24-10-8-7-9-23(24)36-29(40)26-17(3)35-30-37-31(44-6-2)38-39(30)27(26)19-13-21(32)28(25(14-19)41-4)43-16-18-11-12-20(33)15-22(18)34/h7-15,27H,5-6,16H2,1-4H3,(H,36,40)(H,35,37,38). The smallest absolute Gasteiger partial charge is 0.255 e. The van der Waals surface area contributed by atoms with Gasteiger partial charge in [-0.15, -0.1) is 5.10 Å². The van der Waals surface area contributed by atoms with Crippen molar-refractivity contribution in [1.82, 2.24) is 14.8 Å². The van der Waals surface area contributed by atoms with Crippen LogP contribution in [0.4, 0.5) is 11.6 Å². The summed E-state index contributed by atoms with van der Waals surface area (Å²) in [4.78, 5) is 18.7. The number of benzene rings is 3. The van der Waals surface area contributed by atoms with Crippen LogP contribution < -0.4 is 24.8 Å².